The summed E-state index contributed by atoms with van der Waals surface area (Å²) in [6.45, 7) is 5.94. The lowest BCUT2D eigenvalue weighted by Gasteiger charge is -2.25. The Morgan fingerprint density at radius 2 is 1.95 bits per heavy atom. The van der Waals surface area contributed by atoms with Gasteiger partial charge < -0.3 is 5.21 Å². The van der Waals surface area contributed by atoms with Gasteiger partial charge in [-0.25, -0.2) is 0 Å². The number of hydrogen-bond acceptors (Lipinski definition) is 3. The zero-order valence-corrected chi connectivity index (χ0v) is 13.5. The highest BCUT2D eigenvalue weighted by Gasteiger charge is 2.26. The van der Waals surface area contributed by atoms with Crippen LogP contribution >= 0.6 is 11.6 Å². The second kappa shape index (κ2) is 6.15. The van der Waals surface area contributed by atoms with Gasteiger partial charge >= 0.3 is 0 Å². The standard InChI is InChI=1S/C15H16ClNO3S/c1-9-4-5-10(2)13(8-9)11(3)12-6-7-17(18)15(14(12)16)21(19)20/h4-8,11,17H,1-3H3. The third kappa shape index (κ3) is 3.11. The minimum Gasteiger partial charge on any atom is -0.623 e. The molecule has 0 saturated heterocycles. The first kappa shape index (κ1) is 16.0. The van der Waals surface area contributed by atoms with E-state index in [2.05, 4.69) is 6.07 Å². The summed E-state index contributed by atoms with van der Waals surface area (Å²) >= 11 is 6.15. The molecule has 4 nitrogen and oxygen atoms in total. The van der Waals surface area contributed by atoms with Crippen LogP contribution in [0.5, 0.6) is 0 Å². The van der Waals surface area contributed by atoms with Crippen molar-refractivity contribution < 1.29 is 13.5 Å². The smallest absolute Gasteiger partial charge is 0.278 e. The number of aryl methyl sites for hydroxylation is 2. The second-order valence-corrected chi connectivity index (χ2v) is 6.37. The third-order valence-electron chi connectivity index (χ3n) is 3.63. The van der Waals surface area contributed by atoms with Crippen molar-refractivity contribution in [1.82, 2.24) is 0 Å². The highest BCUT2D eigenvalue weighted by molar-refractivity contribution is 7.73. The Balaban J connectivity index is 2.58. The first-order chi connectivity index (χ1) is 9.82. The molecule has 0 aromatic heterocycles. The number of allylic oxidation sites excluding steroid dienone is 2. The molecule has 21 heavy (non-hydrogen) atoms. The largest absolute Gasteiger partial charge is 0.623 e. The molecule has 0 amide bonds. The number of hydroxylamine groups is 2. The molecule has 0 spiro atoms. The summed E-state index contributed by atoms with van der Waals surface area (Å²) in [6, 6.07) is 6.09. The van der Waals surface area contributed by atoms with E-state index < -0.39 is 15.4 Å². The van der Waals surface area contributed by atoms with E-state index in [-0.39, 0.29) is 15.9 Å². The van der Waals surface area contributed by atoms with Gasteiger partial charge in [-0.3, -0.25) is 5.06 Å². The molecule has 1 aliphatic rings. The molecule has 1 N–H and O–H groups in total. The highest BCUT2D eigenvalue weighted by Crippen LogP contribution is 2.32. The van der Waals surface area contributed by atoms with Crippen molar-refractivity contribution in [3.05, 3.63) is 63.0 Å². The van der Waals surface area contributed by atoms with E-state index in [4.69, 9.17) is 11.6 Å². The topological polar surface area (TPSA) is 61.6 Å². The van der Waals surface area contributed by atoms with Crippen LogP contribution in [-0.2, 0) is 10.3 Å². The van der Waals surface area contributed by atoms with Crippen molar-refractivity contribution in [3.8, 4) is 0 Å². The van der Waals surface area contributed by atoms with Gasteiger partial charge in [0.25, 0.3) is 15.3 Å². The predicted molar refractivity (Wildman–Crippen MR) is 84.6 cm³/mol. The summed E-state index contributed by atoms with van der Waals surface area (Å²) in [5.41, 5.74) is 3.93. The number of quaternary nitrogens is 1. The summed E-state index contributed by atoms with van der Waals surface area (Å²) < 4.78 is 22.4. The van der Waals surface area contributed by atoms with Crippen molar-refractivity contribution >= 4 is 26.9 Å². The zero-order chi connectivity index (χ0) is 15.7. The summed E-state index contributed by atoms with van der Waals surface area (Å²) in [4.78, 5) is -0.355. The Labute approximate surface area is 130 Å². The fourth-order valence-electron chi connectivity index (χ4n) is 2.44. The van der Waals surface area contributed by atoms with Gasteiger partial charge in [0.1, 0.15) is 11.2 Å². The Hall–Kier alpha value is -1.40. The summed E-state index contributed by atoms with van der Waals surface area (Å²) in [7, 11) is -2.64. The minimum absolute atomic E-state index is 0.0178. The molecule has 0 saturated carbocycles. The molecule has 0 bridgehead atoms. The van der Waals surface area contributed by atoms with Crippen LogP contribution in [0.3, 0.4) is 0 Å². The first-order valence-electron chi connectivity index (χ1n) is 6.48. The zero-order valence-electron chi connectivity index (χ0n) is 12.0. The van der Waals surface area contributed by atoms with E-state index in [0.717, 1.165) is 16.7 Å². The molecule has 2 rings (SSSR count). The van der Waals surface area contributed by atoms with Gasteiger partial charge in [0.05, 0.1) is 0 Å². The molecule has 0 radical (unpaired) electrons. The number of halogens is 1. The van der Waals surface area contributed by atoms with Crippen molar-refractivity contribution in [2.75, 3.05) is 0 Å². The van der Waals surface area contributed by atoms with Crippen LogP contribution in [0.25, 0.3) is 0 Å². The lowest BCUT2D eigenvalue weighted by Crippen LogP contribution is -3.06. The normalized spacial score (nSPS) is 19.9. The lowest BCUT2D eigenvalue weighted by atomic mass is 9.88. The van der Waals surface area contributed by atoms with Crippen LogP contribution in [0.1, 0.15) is 29.5 Å². The Morgan fingerprint density at radius 1 is 1.29 bits per heavy atom. The fourth-order valence-corrected chi connectivity index (χ4v) is 3.44. The fraction of sp³-hybridized carbons (Fsp3) is 0.267. The van der Waals surface area contributed by atoms with Gasteiger partial charge in [-0.05, 0) is 36.6 Å². The van der Waals surface area contributed by atoms with Crippen LogP contribution in [-0.4, -0.2) is 13.4 Å². The number of rotatable bonds is 2. The van der Waals surface area contributed by atoms with Crippen molar-refractivity contribution in [3.63, 3.8) is 0 Å². The van der Waals surface area contributed by atoms with E-state index in [0.29, 0.717) is 5.57 Å². The van der Waals surface area contributed by atoms with Gasteiger partial charge in [0, 0.05) is 5.92 Å². The maximum Gasteiger partial charge on any atom is 0.278 e. The van der Waals surface area contributed by atoms with E-state index in [1.165, 1.54) is 6.20 Å². The van der Waals surface area contributed by atoms with Crippen molar-refractivity contribution in [2.45, 2.75) is 26.7 Å². The Kier molecular flexibility index (Phi) is 4.68. The van der Waals surface area contributed by atoms with Crippen LogP contribution in [0.2, 0.25) is 0 Å². The molecule has 2 unspecified atom stereocenters. The number of benzene rings is 1. The number of nitrogens with one attached hydrogen (secondary N) is 1. The van der Waals surface area contributed by atoms with Gasteiger partial charge in [0.2, 0.25) is 0 Å². The maximum atomic E-state index is 11.6. The molecular formula is C15H16ClNO3S. The average Bonchev–Trinajstić information content (AvgIpc) is 2.40. The second-order valence-electron chi connectivity index (χ2n) is 5.11. The Bertz CT molecular complexity index is 770. The quantitative estimate of drug-likeness (QED) is 0.666. The van der Waals surface area contributed by atoms with E-state index in [1.807, 2.05) is 32.9 Å². The predicted octanol–water partition coefficient (Wildman–Crippen LogP) is 1.82. The molecule has 112 valence electrons. The molecule has 1 aromatic rings. The van der Waals surface area contributed by atoms with Crippen LogP contribution in [0, 0.1) is 19.1 Å². The maximum absolute atomic E-state index is 11.6. The van der Waals surface area contributed by atoms with Crippen molar-refractivity contribution in [1.29, 1.82) is 0 Å². The third-order valence-corrected chi connectivity index (χ3v) is 4.88. The number of hydrogen-bond donors (Lipinski definition) is 1. The summed E-state index contributed by atoms with van der Waals surface area (Å²) in [5, 5.41) is 11.1. The van der Waals surface area contributed by atoms with Crippen LogP contribution < -0.4 is 5.06 Å². The monoisotopic (exact) mass is 325 g/mol. The average molecular weight is 326 g/mol. The van der Waals surface area contributed by atoms with Crippen LogP contribution in [0.4, 0.5) is 0 Å². The molecule has 0 fully saturated rings. The summed E-state index contributed by atoms with van der Waals surface area (Å²) in [5.74, 6) is -0.0969. The van der Waals surface area contributed by atoms with E-state index in [1.54, 1.807) is 6.08 Å². The van der Waals surface area contributed by atoms with Gasteiger partial charge in [-0.15, -0.1) is 0 Å². The molecule has 0 aliphatic carbocycles. The van der Waals surface area contributed by atoms with Crippen molar-refractivity contribution in [2.24, 2.45) is 0 Å². The van der Waals surface area contributed by atoms with Crippen LogP contribution in [0.15, 0.2) is 41.1 Å². The first-order valence-corrected chi connectivity index (χ1v) is 7.94. The van der Waals surface area contributed by atoms with E-state index >= 15 is 0 Å². The van der Waals surface area contributed by atoms with Gasteiger partial charge in [-0.2, -0.15) is 8.42 Å². The lowest BCUT2D eigenvalue weighted by molar-refractivity contribution is -0.680. The summed E-state index contributed by atoms with van der Waals surface area (Å²) in [6.07, 6.45) is 2.86. The molecular weight excluding hydrogens is 310 g/mol. The molecule has 2 atom stereocenters. The molecule has 6 heteroatoms. The molecule has 1 aliphatic heterocycles. The molecule has 1 heterocycles. The minimum atomic E-state index is -2.64. The SMILES string of the molecule is Cc1ccc(C)c(C(C)C2=C(Cl)C(=S(=O)=O)[NH+]([O-])C=C2)c1. The van der Waals surface area contributed by atoms with E-state index in [9.17, 15) is 13.6 Å². The van der Waals surface area contributed by atoms with Gasteiger partial charge in [0.15, 0.2) is 0 Å². The Morgan fingerprint density at radius 3 is 2.57 bits per heavy atom. The van der Waals surface area contributed by atoms with Gasteiger partial charge in [-0.1, -0.05) is 42.3 Å². The molecule has 1 aromatic carbocycles. The highest BCUT2D eigenvalue weighted by atomic mass is 35.5.